The zero-order valence-electron chi connectivity index (χ0n) is 6.13. The van der Waals surface area contributed by atoms with Gasteiger partial charge in [0, 0.05) is 0 Å². The summed E-state index contributed by atoms with van der Waals surface area (Å²) < 4.78 is 4.47. The van der Waals surface area contributed by atoms with E-state index in [0.717, 1.165) is 6.34 Å². The Hall–Kier alpha value is -1.59. The molecular formula is C5H10N4O2. The van der Waals surface area contributed by atoms with Crippen LogP contribution in [-0.2, 0) is 4.74 Å². The normalized spacial score (nSPS) is 9.55. The highest BCUT2D eigenvalue weighted by atomic mass is 16.5. The summed E-state index contributed by atoms with van der Waals surface area (Å²) in [6.07, 6.45) is 0.387. The van der Waals surface area contributed by atoms with E-state index >= 15 is 0 Å². The van der Waals surface area contributed by atoms with E-state index in [2.05, 4.69) is 15.0 Å². The summed E-state index contributed by atoms with van der Waals surface area (Å²) in [5, 5.41) is 8.77. The molecule has 6 nitrogen and oxygen atoms in total. The Morgan fingerprint density at radius 1 is 1.91 bits per heavy atom. The van der Waals surface area contributed by atoms with Crippen molar-refractivity contribution >= 4 is 18.4 Å². The van der Waals surface area contributed by atoms with E-state index in [1.165, 1.54) is 0 Å². The number of carbonyl (C=O) groups is 1. The fourth-order valence-electron chi connectivity index (χ4n) is 0.327. The van der Waals surface area contributed by atoms with Crippen molar-refractivity contribution in [2.75, 3.05) is 6.61 Å². The minimum absolute atomic E-state index is 0.291. The van der Waals surface area contributed by atoms with E-state index < -0.39 is 6.09 Å². The lowest BCUT2D eigenvalue weighted by molar-refractivity contribution is 0.158. The van der Waals surface area contributed by atoms with Crippen molar-refractivity contribution in [2.24, 2.45) is 10.7 Å². The number of nitrogens with two attached hydrogens (primary N) is 1. The second kappa shape index (κ2) is 5.21. The van der Waals surface area contributed by atoms with Gasteiger partial charge in [-0.1, -0.05) is 0 Å². The van der Waals surface area contributed by atoms with Crippen LogP contribution in [0.4, 0.5) is 4.79 Å². The second-order valence-corrected chi connectivity index (χ2v) is 1.51. The highest BCUT2D eigenvalue weighted by Gasteiger charge is 1.93. The van der Waals surface area contributed by atoms with Crippen LogP contribution < -0.4 is 11.1 Å². The number of alkyl carbamates (subject to hydrolysis) is 1. The molecular weight excluding hydrogens is 148 g/mol. The number of rotatable bonds is 2. The molecule has 4 N–H and O–H groups in total. The smallest absolute Gasteiger partial charge is 0.412 e. The maximum absolute atomic E-state index is 10.5. The largest absolute Gasteiger partial charge is 0.450 e. The summed E-state index contributed by atoms with van der Waals surface area (Å²) in [7, 11) is 0. The van der Waals surface area contributed by atoms with Crippen LogP contribution in [0, 0.1) is 5.41 Å². The molecule has 0 aliphatic heterocycles. The topological polar surface area (TPSA) is 101 Å². The number of guanidine groups is 1. The van der Waals surface area contributed by atoms with E-state index in [1.807, 2.05) is 0 Å². The van der Waals surface area contributed by atoms with E-state index in [1.54, 1.807) is 6.92 Å². The first kappa shape index (κ1) is 9.41. The third-order valence-electron chi connectivity index (χ3n) is 0.661. The lowest BCUT2D eigenvalue weighted by Crippen LogP contribution is -2.23. The summed E-state index contributed by atoms with van der Waals surface area (Å²) >= 11 is 0. The fourth-order valence-corrected chi connectivity index (χ4v) is 0.327. The van der Waals surface area contributed by atoms with Crippen LogP contribution in [0.3, 0.4) is 0 Å². The maximum atomic E-state index is 10.5. The number of amides is 1. The minimum Gasteiger partial charge on any atom is -0.450 e. The third kappa shape index (κ3) is 6.29. The average Bonchev–Trinajstić information content (AvgIpc) is 1.87. The van der Waals surface area contributed by atoms with Crippen LogP contribution in [0.1, 0.15) is 6.92 Å². The highest BCUT2D eigenvalue weighted by molar-refractivity contribution is 5.89. The predicted molar refractivity (Wildman–Crippen MR) is 40.6 cm³/mol. The summed E-state index contributed by atoms with van der Waals surface area (Å²) in [5.41, 5.74) is 4.85. The number of hydrogen-bond acceptors (Lipinski definition) is 3. The van der Waals surface area contributed by atoms with Gasteiger partial charge in [-0.15, -0.1) is 0 Å². The highest BCUT2D eigenvalue weighted by Crippen LogP contribution is 1.72. The number of nitrogens with zero attached hydrogens (tertiary/aromatic N) is 1. The Morgan fingerprint density at radius 2 is 2.55 bits per heavy atom. The van der Waals surface area contributed by atoms with Gasteiger partial charge < -0.3 is 10.5 Å². The molecule has 0 aliphatic rings. The second-order valence-electron chi connectivity index (χ2n) is 1.51. The van der Waals surface area contributed by atoms with Gasteiger partial charge in [-0.3, -0.25) is 10.7 Å². The third-order valence-corrected chi connectivity index (χ3v) is 0.661. The van der Waals surface area contributed by atoms with Crippen LogP contribution in [0.15, 0.2) is 4.99 Å². The molecule has 0 aromatic heterocycles. The molecule has 0 atom stereocenters. The van der Waals surface area contributed by atoms with E-state index in [0.29, 0.717) is 6.61 Å². The molecule has 62 valence electrons. The Balaban J connectivity index is 3.53. The van der Waals surface area contributed by atoms with Crippen molar-refractivity contribution in [3.63, 3.8) is 0 Å². The fraction of sp³-hybridized carbons (Fsp3) is 0.400. The number of hydrogen-bond donors (Lipinski definition) is 3. The number of ether oxygens (including phenoxy) is 1. The van der Waals surface area contributed by atoms with Gasteiger partial charge in [0.05, 0.1) is 6.61 Å². The van der Waals surface area contributed by atoms with Gasteiger partial charge in [0.1, 0.15) is 6.34 Å². The Morgan fingerprint density at radius 3 is 3.00 bits per heavy atom. The van der Waals surface area contributed by atoms with Gasteiger partial charge in [-0.25, -0.2) is 9.79 Å². The zero-order valence-corrected chi connectivity index (χ0v) is 6.13. The summed E-state index contributed by atoms with van der Waals surface area (Å²) in [5.74, 6) is -0.373. The van der Waals surface area contributed by atoms with Crippen molar-refractivity contribution in [1.29, 1.82) is 5.41 Å². The number of carbonyl (C=O) groups excluding carboxylic acids is 1. The van der Waals surface area contributed by atoms with Crippen molar-refractivity contribution in [1.82, 2.24) is 5.32 Å². The van der Waals surface area contributed by atoms with Gasteiger partial charge in [0.25, 0.3) is 0 Å². The first-order chi connectivity index (χ1) is 5.16. The zero-order chi connectivity index (χ0) is 8.69. The van der Waals surface area contributed by atoms with Crippen molar-refractivity contribution in [2.45, 2.75) is 6.92 Å². The van der Waals surface area contributed by atoms with E-state index in [4.69, 9.17) is 11.1 Å². The van der Waals surface area contributed by atoms with Gasteiger partial charge in [-0.05, 0) is 6.92 Å². The van der Waals surface area contributed by atoms with Crippen molar-refractivity contribution in [3.8, 4) is 0 Å². The molecule has 0 bridgehead atoms. The summed E-state index contributed by atoms with van der Waals surface area (Å²) in [6, 6.07) is 0. The molecule has 0 aromatic rings. The van der Waals surface area contributed by atoms with E-state index in [-0.39, 0.29) is 5.96 Å². The van der Waals surface area contributed by atoms with Gasteiger partial charge in [0.15, 0.2) is 0 Å². The minimum atomic E-state index is -0.613. The first-order valence-electron chi connectivity index (χ1n) is 2.96. The molecule has 0 saturated heterocycles. The molecule has 0 spiro atoms. The van der Waals surface area contributed by atoms with Crippen LogP contribution in [0.25, 0.3) is 0 Å². The molecule has 1 amide bonds. The lowest BCUT2D eigenvalue weighted by Gasteiger charge is -1.97. The monoisotopic (exact) mass is 158 g/mol. The van der Waals surface area contributed by atoms with E-state index in [9.17, 15) is 4.79 Å². The maximum Gasteiger partial charge on any atom is 0.412 e. The molecule has 0 heterocycles. The average molecular weight is 158 g/mol. The van der Waals surface area contributed by atoms with Crippen LogP contribution in [-0.4, -0.2) is 25.0 Å². The molecule has 11 heavy (non-hydrogen) atoms. The molecule has 0 unspecified atom stereocenters. The standard InChI is InChI=1S/C5H10N4O2/c1-2-11-5(10)9-3-8-4(6)7/h3H,2H2,1H3,(H4,6,7,8,9,10). The number of nitrogens with one attached hydrogen (secondary N) is 2. The SMILES string of the molecule is CCOC(=O)NC=NC(=N)N. The van der Waals surface area contributed by atoms with Gasteiger partial charge in [-0.2, -0.15) is 0 Å². The quantitative estimate of drug-likeness (QED) is 0.378. The molecule has 0 saturated carbocycles. The van der Waals surface area contributed by atoms with Gasteiger partial charge >= 0.3 is 6.09 Å². The molecule has 0 aromatic carbocycles. The molecule has 0 fully saturated rings. The number of aliphatic imine (C=N–C) groups is 1. The van der Waals surface area contributed by atoms with Crippen LogP contribution in [0.2, 0.25) is 0 Å². The lowest BCUT2D eigenvalue weighted by atomic mass is 10.9. The summed E-state index contributed by atoms with van der Waals surface area (Å²) in [4.78, 5) is 13.8. The van der Waals surface area contributed by atoms with Crippen LogP contribution in [0.5, 0.6) is 0 Å². The molecule has 0 radical (unpaired) electrons. The van der Waals surface area contributed by atoms with Crippen LogP contribution >= 0.6 is 0 Å². The first-order valence-corrected chi connectivity index (χ1v) is 2.96. The Kier molecular flexibility index (Phi) is 4.46. The predicted octanol–water partition coefficient (Wildman–Crippen LogP) is -0.346. The Labute approximate surface area is 63.9 Å². The Bertz CT molecular complexity index is 177. The van der Waals surface area contributed by atoms with Crippen molar-refractivity contribution in [3.05, 3.63) is 0 Å². The molecule has 0 aliphatic carbocycles. The van der Waals surface area contributed by atoms with Gasteiger partial charge in [0.2, 0.25) is 5.96 Å². The summed E-state index contributed by atoms with van der Waals surface area (Å²) in [6.45, 7) is 1.97. The molecule has 6 heteroatoms. The van der Waals surface area contributed by atoms with Crippen molar-refractivity contribution < 1.29 is 9.53 Å². The molecule has 0 rings (SSSR count).